The summed E-state index contributed by atoms with van der Waals surface area (Å²) in [5.74, 6) is -2.18. The SMILES string of the molecule is CCOC(=O)Cc1cnc(OC(F)(F)F)c(CBr)c1C(F)(F)F. The van der Waals surface area contributed by atoms with E-state index in [1.54, 1.807) is 0 Å². The van der Waals surface area contributed by atoms with Crippen molar-refractivity contribution >= 4 is 21.9 Å². The Labute approximate surface area is 134 Å². The molecule has 0 radical (unpaired) electrons. The van der Waals surface area contributed by atoms with Gasteiger partial charge in [-0.05, 0) is 12.5 Å². The molecular formula is C12H10BrF6NO3. The minimum absolute atomic E-state index is 0.0474. The first-order valence-electron chi connectivity index (χ1n) is 6.04. The molecule has 0 saturated carbocycles. The predicted molar refractivity (Wildman–Crippen MR) is 68.9 cm³/mol. The van der Waals surface area contributed by atoms with Crippen LogP contribution in [-0.4, -0.2) is 23.9 Å². The van der Waals surface area contributed by atoms with Gasteiger partial charge in [0.05, 0.1) is 18.6 Å². The number of esters is 1. The maximum atomic E-state index is 13.2. The number of alkyl halides is 7. The van der Waals surface area contributed by atoms with Gasteiger partial charge in [-0.25, -0.2) is 4.98 Å². The molecule has 0 aromatic carbocycles. The Morgan fingerprint density at radius 2 is 1.87 bits per heavy atom. The molecule has 0 spiro atoms. The third kappa shape index (κ3) is 5.56. The second-order valence-corrected chi connectivity index (χ2v) is 4.66. The van der Waals surface area contributed by atoms with Crippen molar-refractivity contribution in [3.8, 4) is 5.88 Å². The average molecular weight is 410 g/mol. The molecule has 0 aliphatic heterocycles. The fourth-order valence-electron chi connectivity index (χ4n) is 1.76. The van der Waals surface area contributed by atoms with Crippen LogP contribution in [-0.2, 0) is 27.5 Å². The monoisotopic (exact) mass is 409 g/mol. The van der Waals surface area contributed by atoms with Crippen LogP contribution in [0.25, 0.3) is 0 Å². The maximum absolute atomic E-state index is 13.2. The van der Waals surface area contributed by atoms with Gasteiger partial charge in [0.1, 0.15) is 0 Å². The summed E-state index contributed by atoms with van der Waals surface area (Å²) in [4.78, 5) is 14.6. The zero-order valence-electron chi connectivity index (χ0n) is 11.5. The third-order valence-corrected chi connectivity index (χ3v) is 3.05. The summed E-state index contributed by atoms with van der Waals surface area (Å²) in [6.07, 6.45) is -10.5. The Balaban J connectivity index is 3.40. The summed E-state index contributed by atoms with van der Waals surface area (Å²) in [6, 6.07) is 0. The van der Waals surface area contributed by atoms with Gasteiger partial charge in [0, 0.05) is 17.1 Å². The standard InChI is InChI=1S/C12H10BrF6NO3/c1-2-22-8(21)3-6-5-20-10(23-12(17,18)19)7(4-13)9(6)11(14,15)16/h5H,2-4H2,1H3. The minimum Gasteiger partial charge on any atom is -0.466 e. The summed E-state index contributed by atoms with van der Waals surface area (Å²) in [5, 5.41) is -0.600. The zero-order chi connectivity index (χ0) is 17.8. The molecule has 1 aromatic rings. The molecule has 0 amide bonds. The normalized spacial score (nSPS) is 12.2. The zero-order valence-corrected chi connectivity index (χ0v) is 13.1. The summed E-state index contributed by atoms with van der Waals surface area (Å²) < 4.78 is 84.5. The van der Waals surface area contributed by atoms with Crippen molar-refractivity contribution in [3.63, 3.8) is 0 Å². The van der Waals surface area contributed by atoms with Gasteiger partial charge in [-0.15, -0.1) is 13.2 Å². The highest BCUT2D eigenvalue weighted by Gasteiger charge is 2.40. The van der Waals surface area contributed by atoms with Gasteiger partial charge in [0.25, 0.3) is 0 Å². The van der Waals surface area contributed by atoms with E-state index in [9.17, 15) is 31.1 Å². The van der Waals surface area contributed by atoms with E-state index in [1.165, 1.54) is 6.92 Å². The number of hydrogen-bond acceptors (Lipinski definition) is 4. The van der Waals surface area contributed by atoms with Gasteiger partial charge in [0.15, 0.2) is 0 Å². The highest BCUT2D eigenvalue weighted by atomic mass is 79.9. The first kappa shape index (κ1) is 19.5. The van der Waals surface area contributed by atoms with Crippen LogP contribution in [0.15, 0.2) is 6.20 Å². The molecule has 1 aromatic heterocycles. The first-order valence-corrected chi connectivity index (χ1v) is 7.17. The number of hydrogen-bond donors (Lipinski definition) is 0. The van der Waals surface area contributed by atoms with Gasteiger partial charge in [-0.3, -0.25) is 4.79 Å². The van der Waals surface area contributed by atoms with Gasteiger partial charge in [0.2, 0.25) is 5.88 Å². The third-order valence-electron chi connectivity index (χ3n) is 2.49. The number of pyridine rings is 1. The van der Waals surface area contributed by atoms with E-state index >= 15 is 0 Å². The lowest BCUT2D eigenvalue weighted by Gasteiger charge is -2.19. The molecule has 0 aliphatic carbocycles. The second kappa shape index (κ2) is 7.37. The van der Waals surface area contributed by atoms with Crippen molar-refractivity contribution in [1.82, 2.24) is 4.98 Å². The molecule has 0 N–H and O–H groups in total. The van der Waals surface area contributed by atoms with E-state index in [4.69, 9.17) is 0 Å². The van der Waals surface area contributed by atoms with E-state index in [-0.39, 0.29) is 6.61 Å². The Kier molecular flexibility index (Phi) is 6.25. The smallest absolute Gasteiger partial charge is 0.466 e. The molecule has 0 saturated heterocycles. The molecule has 0 unspecified atom stereocenters. The lowest BCUT2D eigenvalue weighted by atomic mass is 10.0. The molecule has 130 valence electrons. The first-order chi connectivity index (χ1) is 10.5. The molecule has 11 heteroatoms. The van der Waals surface area contributed by atoms with Crippen LogP contribution >= 0.6 is 15.9 Å². The minimum atomic E-state index is -5.20. The fraction of sp³-hybridized carbons (Fsp3) is 0.500. The van der Waals surface area contributed by atoms with E-state index in [0.29, 0.717) is 6.20 Å². The van der Waals surface area contributed by atoms with Crippen molar-refractivity contribution in [3.05, 3.63) is 22.9 Å². The van der Waals surface area contributed by atoms with Crippen LogP contribution in [0.3, 0.4) is 0 Å². The van der Waals surface area contributed by atoms with Crippen LogP contribution in [0, 0.1) is 0 Å². The highest BCUT2D eigenvalue weighted by molar-refractivity contribution is 9.08. The molecule has 1 heterocycles. The van der Waals surface area contributed by atoms with Crippen molar-refractivity contribution < 1.29 is 40.6 Å². The molecular weight excluding hydrogens is 400 g/mol. The van der Waals surface area contributed by atoms with Crippen LogP contribution in [0.1, 0.15) is 23.6 Å². The Bertz CT molecular complexity index is 573. The number of carbonyl (C=O) groups excluding carboxylic acids is 1. The van der Waals surface area contributed by atoms with E-state index in [2.05, 4.69) is 30.4 Å². The number of halogens is 7. The van der Waals surface area contributed by atoms with Crippen molar-refractivity contribution in [2.45, 2.75) is 31.2 Å². The number of carbonyl (C=O) groups is 1. The molecule has 0 aliphatic rings. The van der Waals surface area contributed by atoms with Crippen molar-refractivity contribution in [2.24, 2.45) is 0 Å². The molecule has 0 fully saturated rings. The summed E-state index contributed by atoms with van der Waals surface area (Å²) in [6.45, 7) is 1.42. The van der Waals surface area contributed by atoms with Crippen LogP contribution in [0.4, 0.5) is 26.3 Å². The fourth-order valence-corrected chi connectivity index (χ4v) is 2.28. The number of nitrogens with zero attached hydrogens (tertiary/aromatic N) is 1. The molecule has 1 rings (SSSR count). The molecule has 23 heavy (non-hydrogen) atoms. The van der Waals surface area contributed by atoms with Gasteiger partial charge in [-0.2, -0.15) is 13.2 Å². The Hall–Kier alpha value is -1.52. The maximum Gasteiger partial charge on any atom is 0.574 e. The number of aromatic nitrogens is 1. The number of ether oxygens (including phenoxy) is 2. The van der Waals surface area contributed by atoms with Crippen LogP contribution in [0.5, 0.6) is 5.88 Å². The van der Waals surface area contributed by atoms with Gasteiger partial charge >= 0.3 is 18.5 Å². The largest absolute Gasteiger partial charge is 0.574 e. The van der Waals surface area contributed by atoms with E-state index in [0.717, 1.165) is 0 Å². The van der Waals surface area contributed by atoms with Crippen LogP contribution < -0.4 is 4.74 Å². The van der Waals surface area contributed by atoms with Crippen molar-refractivity contribution in [2.75, 3.05) is 6.61 Å². The van der Waals surface area contributed by atoms with E-state index in [1.807, 2.05) is 0 Å². The van der Waals surface area contributed by atoms with Crippen molar-refractivity contribution in [1.29, 1.82) is 0 Å². The molecule has 0 atom stereocenters. The topological polar surface area (TPSA) is 48.4 Å². The summed E-state index contributed by atoms with van der Waals surface area (Å²) in [5.41, 5.74) is -2.85. The summed E-state index contributed by atoms with van der Waals surface area (Å²) >= 11 is 2.69. The number of rotatable bonds is 5. The summed E-state index contributed by atoms with van der Waals surface area (Å²) in [7, 11) is 0. The van der Waals surface area contributed by atoms with Gasteiger partial charge in [-0.1, -0.05) is 15.9 Å². The van der Waals surface area contributed by atoms with E-state index < -0.39 is 52.8 Å². The predicted octanol–water partition coefficient (Wildman–Crippen LogP) is 4.00. The quantitative estimate of drug-likeness (QED) is 0.419. The Morgan fingerprint density at radius 3 is 2.30 bits per heavy atom. The molecule has 0 bridgehead atoms. The highest BCUT2D eigenvalue weighted by Crippen LogP contribution is 2.40. The average Bonchev–Trinajstić information content (AvgIpc) is 2.37. The molecule has 4 nitrogen and oxygen atoms in total. The Morgan fingerprint density at radius 1 is 1.26 bits per heavy atom. The van der Waals surface area contributed by atoms with Gasteiger partial charge < -0.3 is 9.47 Å². The lowest BCUT2D eigenvalue weighted by Crippen LogP contribution is -2.22. The van der Waals surface area contributed by atoms with Crippen LogP contribution in [0.2, 0.25) is 0 Å². The second-order valence-electron chi connectivity index (χ2n) is 4.10. The lowest BCUT2D eigenvalue weighted by molar-refractivity contribution is -0.276.